The average molecular weight is 338 g/mol. The summed E-state index contributed by atoms with van der Waals surface area (Å²) in [7, 11) is 1.59. The fraction of sp³-hybridized carbons (Fsp3) is 0.158. The lowest BCUT2D eigenvalue weighted by atomic mass is 10.1. The largest absolute Gasteiger partial charge is 0.508 e. The zero-order valence-corrected chi connectivity index (χ0v) is 13.7. The summed E-state index contributed by atoms with van der Waals surface area (Å²) >= 11 is 0. The van der Waals surface area contributed by atoms with Crippen LogP contribution in [-0.2, 0) is 11.2 Å². The number of carbonyl (C=O) groups is 1. The fourth-order valence-electron chi connectivity index (χ4n) is 2.17. The van der Waals surface area contributed by atoms with Crippen LogP contribution in [-0.4, -0.2) is 29.8 Å². The third kappa shape index (κ3) is 5.01. The Morgan fingerprint density at radius 2 is 1.96 bits per heavy atom. The van der Waals surface area contributed by atoms with Crippen LogP contribution in [0.5, 0.6) is 17.2 Å². The second kappa shape index (κ2) is 8.41. The minimum atomic E-state index is -0.525. The Kier molecular flexibility index (Phi) is 6.02. The van der Waals surface area contributed by atoms with E-state index in [9.17, 15) is 15.0 Å². The normalized spacial score (nSPS) is 10.8. The molecule has 6 nitrogen and oxygen atoms in total. The Labute approximate surface area is 145 Å². The van der Waals surface area contributed by atoms with Crippen LogP contribution in [0.3, 0.4) is 0 Å². The first kappa shape index (κ1) is 17.9. The summed E-state index contributed by atoms with van der Waals surface area (Å²) in [6.45, 7) is 0.367. The highest BCUT2D eigenvalue weighted by Crippen LogP contribution is 2.24. The Bertz CT molecular complexity index is 820. The predicted octanol–water partition coefficient (Wildman–Crippen LogP) is 2.37. The number of nitriles is 1. The van der Waals surface area contributed by atoms with E-state index in [1.54, 1.807) is 7.11 Å². The van der Waals surface area contributed by atoms with E-state index in [0.29, 0.717) is 13.0 Å². The van der Waals surface area contributed by atoms with Crippen molar-refractivity contribution < 1.29 is 19.7 Å². The second-order valence-corrected chi connectivity index (χ2v) is 5.27. The maximum atomic E-state index is 12.1. The van der Waals surface area contributed by atoms with Gasteiger partial charge in [0.25, 0.3) is 5.91 Å². The second-order valence-electron chi connectivity index (χ2n) is 5.27. The summed E-state index contributed by atoms with van der Waals surface area (Å²) in [6.07, 6.45) is 1.89. The number of amides is 1. The number of rotatable bonds is 6. The van der Waals surface area contributed by atoms with Gasteiger partial charge in [-0.1, -0.05) is 12.1 Å². The van der Waals surface area contributed by atoms with Crippen molar-refractivity contribution in [3.63, 3.8) is 0 Å². The van der Waals surface area contributed by atoms with Gasteiger partial charge in [0.2, 0.25) is 0 Å². The minimum Gasteiger partial charge on any atom is -0.508 e. The van der Waals surface area contributed by atoms with Gasteiger partial charge in [0.15, 0.2) is 0 Å². The number of aromatic hydroxyl groups is 2. The molecule has 1 amide bonds. The molecule has 0 unspecified atom stereocenters. The maximum Gasteiger partial charge on any atom is 0.261 e. The lowest BCUT2D eigenvalue weighted by Gasteiger charge is -2.06. The van der Waals surface area contributed by atoms with E-state index in [2.05, 4.69) is 5.32 Å². The molecule has 0 saturated heterocycles. The van der Waals surface area contributed by atoms with Crippen LogP contribution in [0.1, 0.15) is 11.1 Å². The molecule has 0 saturated carbocycles. The molecule has 25 heavy (non-hydrogen) atoms. The Morgan fingerprint density at radius 1 is 1.24 bits per heavy atom. The maximum absolute atomic E-state index is 12.1. The van der Waals surface area contributed by atoms with Gasteiger partial charge in [-0.05, 0) is 42.3 Å². The van der Waals surface area contributed by atoms with Crippen molar-refractivity contribution in [1.82, 2.24) is 5.32 Å². The van der Waals surface area contributed by atoms with Crippen molar-refractivity contribution in [1.29, 1.82) is 5.26 Å². The molecule has 0 aliphatic heterocycles. The Hall–Kier alpha value is -3.46. The highest BCUT2D eigenvalue weighted by atomic mass is 16.5. The van der Waals surface area contributed by atoms with Gasteiger partial charge in [-0.3, -0.25) is 4.79 Å². The van der Waals surface area contributed by atoms with Crippen LogP contribution >= 0.6 is 0 Å². The number of nitrogens with one attached hydrogen (secondary N) is 1. The third-order valence-electron chi connectivity index (χ3n) is 3.54. The van der Waals surface area contributed by atoms with Gasteiger partial charge < -0.3 is 20.3 Å². The summed E-state index contributed by atoms with van der Waals surface area (Å²) < 4.78 is 5.08. The van der Waals surface area contributed by atoms with E-state index in [-0.39, 0.29) is 22.6 Å². The molecule has 0 bridgehead atoms. The molecule has 0 aliphatic carbocycles. The van der Waals surface area contributed by atoms with Gasteiger partial charge >= 0.3 is 0 Å². The molecule has 0 heterocycles. The van der Waals surface area contributed by atoms with Crippen molar-refractivity contribution in [3.8, 4) is 23.3 Å². The summed E-state index contributed by atoms with van der Waals surface area (Å²) in [5, 5.41) is 30.8. The van der Waals surface area contributed by atoms with Crippen molar-refractivity contribution >= 4 is 12.0 Å². The number of methoxy groups -OCH3 is 1. The SMILES string of the molecule is COc1ccc(CCNC(=O)/C(C#N)=C/c2ccc(O)cc2O)cc1. The zero-order valence-electron chi connectivity index (χ0n) is 13.7. The number of hydrogen-bond acceptors (Lipinski definition) is 5. The lowest BCUT2D eigenvalue weighted by Crippen LogP contribution is -2.26. The Morgan fingerprint density at radius 3 is 2.56 bits per heavy atom. The van der Waals surface area contributed by atoms with E-state index in [0.717, 1.165) is 17.4 Å². The molecule has 0 fully saturated rings. The molecule has 128 valence electrons. The van der Waals surface area contributed by atoms with Crippen molar-refractivity contribution in [2.75, 3.05) is 13.7 Å². The van der Waals surface area contributed by atoms with E-state index in [4.69, 9.17) is 10.00 Å². The number of benzene rings is 2. The summed E-state index contributed by atoms with van der Waals surface area (Å²) in [4.78, 5) is 12.1. The average Bonchev–Trinajstić information content (AvgIpc) is 2.61. The highest BCUT2D eigenvalue weighted by molar-refractivity contribution is 6.01. The Balaban J connectivity index is 1.97. The molecule has 3 N–H and O–H groups in total. The molecular weight excluding hydrogens is 320 g/mol. The van der Waals surface area contributed by atoms with Crippen LogP contribution in [0.4, 0.5) is 0 Å². The molecule has 6 heteroatoms. The standard InChI is InChI=1S/C19H18N2O4/c1-25-17-6-2-13(3-7-17)8-9-21-19(24)15(12-20)10-14-4-5-16(22)11-18(14)23/h2-7,10-11,22-23H,8-9H2,1H3,(H,21,24)/b15-10+. The van der Waals surface area contributed by atoms with Gasteiger partial charge in [-0.15, -0.1) is 0 Å². The quantitative estimate of drug-likeness (QED) is 0.554. The smallest absolute Gasteiger partial charge is 0.261 e. The number of carbonyl (C=O) groups excluding carboxylic acids is 1. The molecule has 2 aromatic rings. The molecule has 2 rings (SSSR count). The monoisotopic (exact) mass is 338 g/mol. The van der Waals surface area contributed by atoms with Crippen LogP contribution in [0.15, 0.2) is 48.0 Å². The van der Waals surface area contributed by atoms with Crippen LogP contribution in [0.25, 0.3) is 6.08 Å². The molecule has 0 atom stereocenters. The molecule has 0 radical (unpaired) electrons. The van der Waals surface area contributed by atoms with Crippen molar-refractivity contribution in [3.05, 3.63) is 59.2 Å². The molecule has 2 aromatic carbocycles. The van der Waals surface area contributed by atoms with Crippen molar-refractivity contribution in [2.45, 2.75) is 6.42 Å². The highest BCUT2D eigenvalue weighted by Gasteiger charge is 2.10. The summed E-state index contributed by atoms with van der Waals surface area (Å²) in [6, 6.07) is 13.2. The topological polar surface area (TPSA) is 103 Å². The molecule has 0 aromatic heterocycles. The lowest BCUT2D eigenvalue weighted by molar-refractivity contribution is -0.117. The van der Waals surface area contributed by atoms with E-state index < -0.39 is 5.91 Å². The van der Waals surface area contributed by atoms with Gasteiger partial charge in [0.05, 0.1) is 7.11 Å². The summed E-state index contributed by atoms with van der Waals surface area (Å²) in [5.74, 6) is -0.0736. The minimum absolute atomic E-state index is 0.0999. The van der Waals surface area contributed by atoms with Crippen molar-refractivity contribution in [2.24, 2.45) is 0 Å². The molecule has 0 aliphatic rings. The fourth-order valence-corrected chi connectivity index (χ4v) is 2.17. The number of hydrogen-bond donors (Lipinski definition) is 3. The number of nitrogens with zero attached hydrogens (tertiary/aromatic N) is 1. The van der Waals surface area contributed by atoms with Crippen LogP contribution in [0, 0.1) is 11.3 Å². The van der Waals surface area contributed by atoms with Gasteiger partial charge in [-0.25, -0.2) is 0 Å². The summed E-state index contributed by atoms with van der Waals surface area (Å²) in [5.41, 5.74) is 1.18. The van der Waals surface area contributed by atoms with E-state index >= 15 is 0 Å². The number of ether oxygens (including phenoxy) is 1. The van der Waals surface area contributed by atoms with Gasteiger partial charge in [0, 0.05) is 18.2 Å². The number of phenols is 2. The van der Waals surface area contributed by atoms with E-state index in [1.165, 1.54) is 18.2 Å². The first-order valence-corrected chi connectivity index (χ1v) is 7.58. The van der Waals surface area contributed by atoms with E-state index in [1.807, 2.05) is 30.3 Å². The van der Waals surface area contributed by atoms with Crippen LogP contribution < -0.4 is 10.1 Å². The zero-order chi connectivity index (χ0) is 18.2. The molecule has 0 spiro atoms. The third-order valence-corrected chi connectivity index (χ3v) is 3.54. The number of phenolic OH excluding ortho intramolecular Hbond substituents is 2. The predicted molar refractivity (Wildman–Crippen MR) is 93.1 cm³/mol. The van der Waals surface area contributed by atoms with Gasteiger partial charge in [-0.2, -0.15) is 5.26 Å². The first-order valence-electron chi connectivity index (χ1n) is 7.58. The molecular formula is C19H18N2O4. The van der Waals surface area contributed by atoms with Crippen LogP contribution in [0.2, 0.25) is 0 Å². The first-order chi connectivity index (χ1) is 12.0. The van der Waals surface area contributed by atoms with Gasteiger partial charge in [0.1, 0.15) is 28.9 Å².